The number of carbonyl (C=O) groups excluding carboxylic acids is 2. The number of hydrogen-bond donors (Lipinski definition) is 2. The van der Waals surface area contributed by atoms with Crippen LogP contribution in [0, 0.1) is 0 Å². The van der Waals surface area contributed by atoms with E-state index in [-0.39, 0.29) is 6.42 Å². The molecule has 9 heteroatoms. The third-order valence-corrected chi connectivity index (χ3v) is 4.14. The maximum absolute atomic E-state index is 11.9. The van der Waals surface area contributed by atoms with E-state index in [1.54, 1.807) is 43.5 Å². The van der Waals surface area contributed by atoms with E-state index in [1.165, 1.54) is 20.4 Å². The summed E-state index contributed by atoms with van der Waals surface area (Å²) in [5, 5.41) is 6.48. The van der Waals surface area contributed by atoms with Crippen LogP contribution in [-0.2, 0) is 9.59 Å². The van der Waals surface area contributed by atoms with Gasteiger partial charge in [-0.1, -0.05) is 0 Å². The number of benzene rings is 2. The molecular weight excluding hydrogens is 430 g/mol. The van der Waals surface area contributed by atoms with E-state index in [0.29, 0.717) is 33.0 Å². The molecule has 2 aromatic carbocycles. The second-order valence-corrected chi connectivity index (χ2v) is 6.34. The number of nitrogens with one attached hydrogen (secondary N) is 2. The summed E-state index contributed by atoms with van der Waals surface area (Å²) in [7, 11) is 4.61. The largest absolute Gasteiger partial charge is 0.497 e. The fourth-order valence-electron chi connectivity index (χ4n) is 2.26. The summed E-state index contributed by atoms with van der Waals surface area (Å²) in [6.45, 7) is 0. The molecule has 0 heterocycles. The van der Waals surface area contributed by atoms with Gasteiger partial charge in [-0.2, -0.15) is 5.10 Å². The average molecular weight is 450 g/mol. The zero-order chi connectivity index (χ0) is 20.5. The first kappa shape index (κ1) is 21.2. The van der Waals surface area contributed by atoms with Gasteiger partial charge in [0.15, 0.2) is 11.5 Å². The molecule has 0 aromatic heterocycles. The zero-order valence-electron chi connectivity index (χ0n) is 15.6. The molecule has 2 aromatic rings. The van der Waals surface area contributed by atoms with Gasteiger partial charge in [0.2, 0.25) is 11.8 Å². The molecule has 0 fully saturated rings. The number of carbonyl (C=O) groups is 2. The molecule has 0 bridgehead atoms. The van der Waals surface area contributed by atoms with Gasteiger partial charge >= 0.3 is 0 Å². The Morgan fingerprint density at radius 3 is 2.36 bits per heavy atom. The number of amides is 2. The fourth-order valence-corrected chi connectivity index (χ4v) is 2.88. The Hall–Kier alpha value is -3.07. The fraction of sp³-hybridized carbons (Fsp3) is 0.211. The van der Waals surface area contributed by atoms with Gasteiger partial charge in [-0.15, -0.1) is 0 Å². The number of nitrogens with zero attached hydrogens (tertiary/aromatic N) is 1. The van der Waals surface area contributed by atoms with Gasteiger partial charge in [0.25, 0.3) is 0 Å². The number of rotatable bonds is 8. The van der Waals surface area contributed by atoms with Crippen LogP contribution in [-0.4, -0.2) is 39.4 Å². The highest BCUT2D eigenvalue weighted by atomic mass is 79.9. The minimum atomic E-state index is -0.540. The molecule has 0 spiro atoms. The summed E-state index contributed by atoms with van der Waals surface area (Å²) in [6, 6.07) is 10.2. The van der Waals surface area contributed by atoms with Crippen molar-refractivity contribution in [2.75, 3.05) is 26.6 Å². The van der Waals surface area contributed by atoms with Gasteiger partial charge in [-0.25, -0.2) is 5.43 Å². The highest BCUT2D eigenvalue weighted by Gasteiger charge is 2.11. The van der Waals surface area contributed by atoms with E-state index in [0.717, 1.165) is 0 Å². The monoisotopic (exact) mass is 449 g/mol. The zero-order valence-corrected chi connectivity index (χ0v) is 17.2. The van der Waals surface area contributed by atoms with Crippen molar-refractivity contribution in [3.8, 4) is 17.2 Å². The Bertz CT molecular complexity index is 869. The number of ether oxygens (including phenoxy) is 3. The molecule has 28 heavy (non-hydrogen) atoms. The van der Waals surface area contributed by atoms with Crippen LogP contribution < -0.4 is 25.0 Å². The Kier molecular flexibility index (Phi) is 7.82. The van der Waals surface area contributed by atoms with Crippen molar-refractivity contribution >= 4 is 39.6 Å². The smallest absolute Gasteiger partial charge is 0.249 e. The molecule has 0 unspecified atom stereocenters. The van der Waals surface area contributed by atoms with Crippen molar-refractivity contribution in [3.05, 3.63) is 46.4 Å². The summed E-state index contributed by atoms with van der Waals surface area (Å²) in [6.07, 6.45) is 1.07. The third kappa shape index (κ3) is 5.98. The molecule has 0 saturated carbocycles. The molecule has 8 nitrogen and oxygen atoms in total. The van der Waals surface area contributed by atoms with Crippen LogP contribution in [0.15, 0.2) is 46.0 Å². The van der Waals surface area contributed by atoms with E-state index in [2.05, 4.69) is 31.8 Å². The van der Waals surface area contributed by atoms with E-state index in [1.807, 2.05) is 0 Å². The molecule has 0 aliphatic heterocycles. The van der Waals surface area contributed by atoms with Gasteiger partial charge in [-0.05, 0) is 57.9 Å². The van der Waals surface area contributed by atoms with Crippen LogP contribution in [0.3, 0.4) is 0 Å². The SMILES string of the molecule is COc1ccc(NC(=O)CC(=O)NN=Cc2cc(Br)c(OC)c(OC)c2)cc1. The number of halogens is 1. The number of anilines is 1. The first-order valence-corrected chi connectivity index (χ1v) is 8.93. The number of hydrogen-bond acceptors (Lipinski definition) is 6. The first-order valence-electron chi connectivity index (χ1n) is 8.14. The Labute approximate surface area is 171 Å². The Morgan fingerprint density at radius 1 is 1.04 bits per heavy atom. The maximum Gasteiger partial charge on any atom is 0.249 e. The van der Waals surface area contributed by atoms with Crippen LogP contribution in [0.1, 0.15) is 12.0 Å². The second kappa shape index (κ2) is 10.3. The van der Waals surface area contributed by atoms with Crippen LogP contribution in [0.5, 0.6) is 17.2 Å². The predicted molar refractivity (Wildman–Crippen MR) is 109 cm³/mol. The second-order valence-electron chi connectivity index (χ2n) is 5.48. The lowest BCUT2D eigenvalue weighted by molar-refractivity contribution is -0.126. The molecule has 0 saturated heterocycles. The lowest BCUT2D eigenvalue weighted by Gasteiger charge is -2.10. The lowest BCUT2D eigenvalue weighted by atomic mass is 10.2. The van der Waals surface area contributed by atoms with Crippen molar-refractivity contribution in [3.63, 3.8) is 0 Å². The number of methoxy groups -OCH3 is 3. The van der Waals surface area contributed by atoms with Gasteiger partial charge in [0.1, 0.15) is 12.2 Å². The topological polar surface area (TPSA) is 98.2 Å². The van der Waals surface area contributed by atoms with Crippen LogP contribution in [0.4, 0.5) is 5.69 Å². The molecule has 0 radical (unpaired) electrons. The van der Waals surface area contributed by atoms with Gasteiger partial charge in [0.05, 0.1) is 32.0 Å². The van der Waals surface area contributed by atoms with E-state index in [9.17, 15) is 9.59 Å². The van der Waals surface area contributed by atoms with Crippen molar-refractivity contribution in [2.45, 2.75) is 6.42 Å². The van der Waals surface area contributed by atoms with Crippen molar-refractivity contribution in [1.29, 1.82) is 0 Å². The Balaban J connectivity index is 1.89. The summed E-state index contributed by atoms with van der Waals surface area (Å²) in [4.78, 5) is 23.8. The average Bonchev–Trinajstić information content (AvgIpc) is 2.68. The van der Waals surface area contributed by atoms with E-state index < -0.39 is 11.8 Å². The maximum atomic E-state index is 11.9. The quantitative estimate of drug-likeness (QED) is 0.366. The van der Waals surface area contributed by atoms with Crippen molar-refractivity contribution < 1.29 is 23.8 Å². The predicted octanol–water partition coefficient (Wildman–Crippen LogP) is 2.95. The Morgan fingerprint density at radius 2 is 1.75 bits per heavy atom. The summed E-state index contributed by atoms with van der Waals surface area (Å²) >= 11 is 3.38. The molecular formula is C19H20BrN3O5. The van der Waals surface area contributed by atoms with Gasteiger partial charge < -0.3 is 19.5 Å². The van der Waals surface area contributed by atoms with E-state index in [4.69, 9.17) is 14.2 Å². The lowest BCUT2D eigenvalue weighted by Crippen LogP contribution is -2.24. The van der Waals surface area contributed by atoms with Gasteiger partial charge in [-0.3, -0.25) is 9.59 Å². The molecule has 0 atom stereocenters. The molecule has 2 rings (SSSR count). The summed E-state index contributed by atoms with van der Waals surface area (Å²) in [5.41, 5.74) is 3.55. The molecule has 0 aliphatic carbocycles. The molecule has 148 valence electrons. The molecule has 0 aliphatic rings. The minimum Gasteiger partial charge on any atom is -0.497 e. The van der Waals surface area contributed by atoms with Crippen molar-refractivity contribution in [1.82, 2.24) is 5.43 Å². The third-order valence-electron chi connectivity index (χ3n) is 3.55. The highest BCUT2D eigenvalue weighted by molar-refractivity contribution is 9.10. The van der Waals surface area contributed by atoms with Crippen LogP contribution in [0.2, 0.25) is 0 Å². The highest BCUT2D eigenvalue weighted by Crippen LogP contribution is 2.35. The number of hydrazone groups is 1. The van der Waals surface area contributed by atoms with E-state index >= 15 is 0 Å². The normalized spacial score (nSPS) is 10.4. The standard InChI is InChI=1S/C19H20BrN3O5/c1-26-14-6-4-13(5-7-14)22-17(24)10-18(25)23-21-11-12-8-15(20)19(28-3)16(9-12)27-2/h4-9,11H,10H2,1-3H3,(H,22,24)(H,23,25). The summed E-state index contributed by atoms with van der Waals surface area (Å²) < 4.78 is 16.2. The van der Waals surface area contributed by atoms with Crippen LogP contribution in [0.25, 0.3) is 0 Å². The minimum absolute atomic E-state index is 0.362. The van der Waals surface area contributed by atoms with Crippen LogP contribution >= 0.6 is 15.9 Å². The van der Waals surface area contributed by atoms with Gasteiger partial charge in [0, 0.05) is 5.69 Å². The first-order chi connectivity index (χ1) is 13.5. The molecule has 2 N–H and O–H groups in total. The summed E-state index contributed by atoms with van der Waals surface area (Å²) in [5.74, 6) is 0.753. The molecule has 2 amide bonds. The van der Waals surface area contributed by atoms with Crippen molar-refractivity contribution in [2.24, 2.45) is 5.10 Å².